The highest BCUT2D eigenvalue weighted by molar-refractivity contribution is 5.88. The molecule has 0 radical (unpaired) electrons. The van der Waals surface area contributed by atoms with Crippen molar-refractivity contribution < 1.29 is 14.4 Å². The van der Waals surface area contributed by atoms with Crippen molar-refractivity contribution in [3.05, 3.63) is 0 Å². The highest BCUT2D eigenvalue weighted by atomic mass is 16.2. The van der Waals surface area contributed by atoms with Crippen molar-refractivity contribution in [2.24, 2.45) is 5.92 Å². The van der Waals surface area contributed by atoms with Gasteiger partial charge in [0.1, 0.15) is 6.04 Å². The summed E-state index contributed by atoms with van der Waals surface area (Å²) in [5, 5.41) is 2.54. The number of hydrogen-bond acceptors (Lipinski definition) is 3. The van der Waals surface area contributed by atoms with E-state index in [4.69, 9.17) is 0 Å². The van der Waals surface area contributed by atoms with Crippen LogP contribution in [0.5, 0.6) is 0 Å². The smallest absolute Gasteiger partial charge is 0.244 e. The Morgan fingerprint density at radius 1 is 1.22 bits per heavy atom. The average molecular weight is 255 g/mol. The van der Waals surface area contributed by atoms with E-state index in [0.29, 0.717) is 13.1 Å². The average Bonchev–Trinajstić information content (AvgIpc) is 2.35. The Labute approximate surface area is 107 Å². The molecule has 18 heavy (non-hydrogen) atoms. The summed E-state index contributed by atoms with van der Waals surface area (Å²) < 4.78 is 0. The first kappa shape index (κ1) is 14.5. The molecule has 1 rings (SSSR count). The second kappa shape index (κ2) is 5.84. The van der Waals surface area contributed by atoms with Gasteiger partial charge < -0.3 is 15.1 Å². The quantitative estimate of drug-likeness (QED) is 0.719. The van der Waals surface area contributed by atoms with E-state index < -0.39 is 6.04 Å². The van der Waals surface area contributed by atoms with Gasteiger partial charge in [0.25, 0.3) is 0 Å². The van der Waals surface area contributed by atoms with Gasteiger partial charge in [0.05, 0.1) is 6.54 Å². The molecule has 0 aromatic carbocycles. The van der Waals surface area contributed by atoms with Gasteiger partial charge in [-0.1, -0.05) is 13.8 Å². The molecule has 6 heteroatoms. The van der Waals surface area contributed by atoms with Crippen LogP contribution in [0, 0.1) is 5.92 Å². The number of likely N-dealkylation sites (N-methyl/N-ethyl adjacent to an activating group) is 1. The van der Waals surface area contributed by atoms with Crippen LogP contribution in [0.3, 0.4) is 0 Å². The van der Waals surface area contributed by atoms with Crippen molar-refractivity contribution in [2.45, 2.75) is 26.8 Å². The maximum Gasteiger partial charge on any atom is 0.244 e. The van der Waals surface area contributed by atoms with Gasteiger partial charge in [0.2, 0.25) is 17.7 Å². The van der Waals surface area contributed by atoms with Crippen molar-refractivity contribution in [3.63, 3.8) is 0 Å². The van der Waals surface area contributed by atoms with Gasteiger partial charge in [-0.05, 0) is 0 Å². The third-order valence-electron chi connectivity index (χ3n) is 3.14. The summed E-state index contributed by atoms with van der Waals surface area (Å²) in [6, 6.07) is -0.580. The molecule has 0 spiro atoms. The Morgan fingerprint density at radius 3 is 2.28 bits per heavy atom. The topological polar surface area (TPSA) is 69.7 Å². The molecular formula is C12H21N3O3. The number of nitrogens with zero attached hydrogens (tertiary/aromatic N) is 2. The summed E-state index contributed by atoms with van der Waals surface area (Å²) in [6.07, 6.45) is 0. The standard InChI is InChI=1S/C12H21N3O3/c1-8(2)12(18)14-5-6-15(9(3)16)10(7-14)11(17)13-4/h8,10H,5-7H2,1-4H3,(H,13,17). The van der Waals surface area contributed by atoms with Crippen LogP contribution < -0.4 is 5.32 Å². The van der Waals surface area contributed by atoms with E-state index in [2.05, 4.69) is 5.32 Å². The molecule has 0 bridgehead atoms. The van der Waals surface area contributed by atoms with Crippen LogP contribution in [0.25, 0.3) is 0 Å². The summed E-state index contributed by atoms with van der Waals surface area (Å²) in [6.45, 7) is 6.27. The Balaban J connectivity index is 2.82. The number of amides is 3. The summed E-state index contributed by atoms with van der Waals surface area (Å²) >= 11 is 0. The second-order valence-electron chi connectivity index (χ2n) is 4.78. The van der Waals surface area contributed by atoms with Crippen molar-refractivity contribution in [2.75, 3.05) is 26.7 Å². The van der Waals surface area contributed by atoms with Gasteiger partial charge in [-0.2, -0.15) is 0 Å². The lowest BCUT2D eigenvalue weighted by Crippen LogP contribution is -2.61. The third-order valence-corrected chi connectivity index (χ3v) is 3.14. The van der Waals surface area contributed by atoms with Gasteiger partial charge in [0, 0.05) is 33.0 Å². The minimum Gasteiger partial charge on any atom is -0.357 e. The molecule has 102 valence electrons. The fourth-order valence-corrected chi connectivity index (χ4v) is 2.12. The van der Waals surface area contributed by atoms with Crippen LogP contribution in [0.2, 0.25) is 0 Å². The molecular weight excluding hydrogens is 234 g/mol. The number of piperazine rings is 1. The van der Waals surface area contributed by atoms with Gasteiger partial charge in [-0.3, -0.25) is 14.4 Å². The van der Waals surface area contributed by atoms with E-state index in [1.165, 1.54) is 18.9 Å². The summed E-state index contributed by atoms with van der Waals surface area (Å²) in [7, 11) is 1.53. The van der Waals surface area contributed by atoms with Crippen LogP contribution >= 0.6 is 0 Å². The number of carbonyl (C=O) groups excluding carboxylic acids is 3. The highest BCUT2D eigenvalue weighted by Gasteiger charge is 2.35. The highest BCUT2D eigenvalue weighted by Crippen LogP contribution is 2.13. The van der Waals surface area contributed by atoms with E-state index in [1.54, 1.807) is 4.90 Å². The largest absolute Gasteiger partial charge is 0.357 e. The monoisotopic (exact) mass is 255 g/mol. The molecule has 0 saturated carbocycles. The molecule has 6 nitrogen and oxygen atoms in total. The predicted octanol–water partition coefficient (Wildman–Crippen LogP) is -0.552. The fourth-order valence-electron chi connectivity index (χ4n) is 2.12. The molecule has 3 amide bonds. The van der Waals surface area contributed by atoms with Gasteiger partial charge in [-0.25, -0.2) is 0 Å². The maximum absolute atomic E-state index is 11.9. The van der Waals surface area contributed by atoms with Crippen LogP contribution in [-0.2, 0) is 14.4 Å². The molecule has 0 aromatic rings. The molecule has 0 aromatic heterocycles. The van der Waals surface area contributed by atoms with Crippen LogP contribution in [-0.4, -0.2) is 60.2 Å². The zero-order valence-corrected chi connectivity index (χ0v) is 11.4. The van der Waals surface area contributed by atoms with Crippen LogP contribution in [0.1, 0.15) is 20.8 Å². The first-order chi connectivity index (χ1) is 8.38. The number of hydrogen-bond donors (Lipinski definition) is 1. The normalized spacial score (nSPS) is 19.9. The van der Waals surface area contributed by atoms with Crippen molar-refractivity contribution in [1.29, 1.82) is 0 Å². The number of carbonyl (C=O) groups is 3. The van der Waals surface area contributed by atoms with Gasteiger partial charge in [0.15, 0.2) is 0 Å². The Hall–Kier alpha value is -1.59. The Morgan fingerprint density at radius 2 is 1.83 bits per heavy atom. The van der Waals surface area contributed by atoms with Gasteiger partial charge >= 0.3 is 0 Å². The van der Waals surface area contributed by atoms with Crippen LogP contribution in [0.15, 0.2) is 0 Å². The van der Waals surface area contributed by atoms with Crippen molar-refractivity contribution in [1.82, 2.24) is 15.1 Å². The van der Waals surface area contributed by atoms with E-state index in [0.717, 1.165) is 0 Å². The molecule has 1 N–H and O–H groups in total. The van der Waals surface area contributed by atoms with E-state index in [9.17, 15) is 14.4 Å². The van der Waals surface area contributed by atoms with Gasteiger partial charge in [-0.15, -0.1) is 0 Å². The third kappa shape index (κ3) is 3.00. The summed E-state index contributed by atoms with van der Waals surface area (Å²) in [4.78, 5) is 38.4. The zero-order chi connectivity index (χ0) is 13.9. The molecule has 1 aliphatic heterocycles. The molecule has 1 fully saturated rings. The van der Waals surface area contributed by atoms with E-state index in [-0.39, 0.29) is 30.2 Å². The van der Waals surface area contributed by atoms with Crippen molar-refractivity contribution in [3.8, 4) is 0 Å². The number of rotatable bonds is 2. The second-order valence-corrected chi connectivity index (χ2v) is 4.78. The molecule has 1 aliphatic rings. The van der Waals surface area contributed by atoms with E-state index in [1.807, 2.05) is 13.8 Å². The fraction of sp³-hybridized carbons (Fsp3) is 0.750. The molecule has 1 unspecified atom stereocenters. The summed E-state index contributed by atoms with van der Waals surface area (Å²) in [5.41, 5.74) is 0. The SMILES string of the molecule is CNC(=O)C1CN(C(=O)C(C)C)CCN1C(C)=O. The van der Waals surface area contributed by atoms with Crippen molar-refractivity contribution >= 4 is 17.7 Å². The summed E-state index contributed by atoms with van der Waals surface area (Å²) in [5.74, 6) is -0.446. The first-order valence-electron chi connectivity index (χ1n) is 6.16. The van der Waals surface area contributed by atoms with Crippen LogP contribution in [0.4, 0.5) is 0 Å². The Kier molecular flexibility index (Phi) is 4.69. The lowest BCUT2D eigenvalue weighted by molar-refractivity contribution is -0.148. The molecule has 0 aliphatic carbocycles. The lowest BCUT2D eigenvalue weighted by Gasteiger charge is -2.40. The molecule has 1 saturated heterocycles. The molecule has 1 heterocycles. The molecule has 1 atom stereocenters. The predicted molar refractivity (Wildman–Crippen MR) is 66.7 cm³/mol. The minimum absolute atomic E-state index is 0.0205. The minimum atomic E-state index is -0.580. The zero-order valence-electron chi connectivity index (χ0n) is 11.4. The first-order valence-corrected chi connectivity index (χ1v) is 6.16. The maximum atomic E-state index is 11.9. The lowest BCUT2D eigenvalue weighted by atomic mass is 10.1. The number of nitrogens with one attached hydrogen (secondary N) is 1. The van der Waals surface area contributed by atoms with E-state index >= 15 is 0 Å². The Bertz CT molecular complexity index is 354.